The number of hydrogen-bond acceptors (Lipinski definition) is 4. The summed E-state index contributed by atoms with van der Waals surface area (Å²) < 4.78 is 1.27. The molecule has 3 rings (SSSR count). The zero-order valence-corrected chi connectivity index (χ0v) is 19.6. The van der Waals surface area contributed by atoms with E-state index in [9.17, 15) is 4.79 Å². The van der Waals surface area contributed by atoms with Gasteiger partial charge >= 0.3 is 0 Å². The molecule has 0 atom stereocenters. The van der Waals surface area contributed by atoms with E-state index in [1.54, 1.807) is 4.90 Å². The average molecular weight is 505 g/mol. The molecule has 0 radical (unpaired) electrons. The van der Waals surface area contributed by atoms with Gasteiger partial charge in [0, 0.05) is 21.2 Å². The van der Waals surface area contributed by atoms with Crippen molar-refractivity contribution in [1.82, 2.24) is 10.2 Å². The van der Waals surface area contributed by atoms with E-state index in [4.69, 9.17) is 0 Å². The highest BCUT2D eigenvalue weighted by Crippen LogP contribution is 2.32. The van der Waals surface area contributed by atoms with Gasteiger partial charge in [0.25, 0.3) is 5.91 Å². The van der Waals surface area contributed by atoms with E-state index in [0.29, 0.717) is 11.7 Å². The number of hydrogen-bond donors (Lipinski definition) is 0. The summed E-state index contributed by atoms with van der Waals surface area (Å²) in [6, 6.07) is 12.0. The number of rotatable bonds is 6. The van der Waals surface area contributed by atoms with E-state index in [1.807, 2.05) is 31.2 Å². The summed E-state index contributed by atoms with van der Waals surface area (Å²) in [5.74, 6) is -0.00998. The number of benzene rings is 2. The highest BCUT2D eigenvalue weighted by atomic mass is 127. The van der Waals surface area contributed by atoms with E-state index in [-0.39, 0.29) is 5.91 Å². The predicted octanol–water partition coefficient (Wildman–Crippen LogP) is 6.18. The molecule has 0 N–H and O–H groups in total. The van der Waals surface area contributed by atoms with Crippen molar-refractivity contribution >= 4 is 45.0 Å². The van der Waals surface area contributed by atoms with Crippen molar-refractivity contribution in [2.45, 2.75) is 40.5 Å². The van der Waals surface area contributed by atoms with Crippen molar-refractivity contribution in [1.29, 1.82) is 0 Å². The molecule has 0 aliphatic rings. The lowest BCUT2D eigenvalue weighted by Crippen LogP contribution is -2.32. The van der Waals surface area contributed by atoms with Crippen LogP contribution in [0, 0.1) is 24.3 Å². The molecule has 0 saturated carbocycles. The molecular weight excluding hydrogens is 481 g/mol. The van der Waals surface area contributed by atoms with Crippen molar-refractivity contribution in [3.63, 3.8) is 0 Å². The van der Waals surface area contributed by atoms with Gasteiger partial charge in [-0.05, 0) is 84.7 Å². The molecule has 1 amide bonds. The molecule has 0 saturated heterocycles. The minimum Gasteiger partial charge on any atom is -0.283 e. The fraction of sp³-hybridized carbons (Fsp3) is 0.318. The van der Waals surface area contributed by atoms with Gasteiger partial charge in [0.1, 0.15) is 5.01 Å². The van der Waals surface area contributed by atoms with Gasteiger partial charge in [0.2, 0.25) is 5.13 Å². The Morgan fingerprint density at radius 3 is 2.39 bits per heavy atom. The number of amides is 1. The second kappa shape index (κ2) is 9.13. The average Bonchev–Trinajstić information content (AvgIpc) is 3.16. The van der Waals surface area contributed by atoms with Gasteiger partial charge in [-0.15, -0.1) is 10.2 Å². The third-order valence-corrected chi connectivity index (χ3v) is 7.38. The summed E-state index contributed by atoms with van der Waals surface area (Å²) in [5, 5.41) is 10.3. The van der Waals surface area contributed by atoms with Gasteiger partial charge < -0.3 is 0 Å². The third kappa shape index (κ3) is 4.43. The Morgan fingerprint density at radius 1 is 1.07 bits per heavy atom. The van der Waals surface area contributed by atoms with Gasteiger partial charge in [-0.1, -0.05) is 42.9 Å². The molecule has 1 aromatic heterocycles. The Kier molecular flexibility index (Phi) is 6.82. The number of anilines is 1. The van der Waals surface area contributed by atoms with Crippen LogP contribution < -0.4 is 4.90 Å². The molecule has 1 heterocycles. The minimum atomic E-state index is -0.00998. The molecule has 0 fully saturated rings. The summed E-state index contributed by atoms with van der Waals surface area (Å²) in [7, 11) is 0. The number of unbranched alkanes of at least 4 members (excludes halogenated alkanes) is 1. The first kappa shape index (κ1) is 20.9. The summed E-state index contributed by atoms with van der Waals surface area (Å²) >= 11 is 3.85. The van der Waals surface area contributed by atoms with Crippen LogP contribution in [0.1, 0.15) is 46.8 Å². The van der Waals surface area contributed by atoms with Gasteiger partial charge in [0.05, 0.1) is 0 Å². The molecule has 0 aliphatic heterocycles. The first-order valence-electron chi connectivity index (χ1n) is 9.40. The van der Waals surface area contributed by atoms with E-state index < -0.39 is 0 Å². The maximum absolute atomic E-state index is 13.2. The van der Waals surface area contributed by atoms with Crippen molar-refractivity contribution in [3.05, 3.63) is 62.2 Å². The molecule has 0 aliphatic carbocycles. The lowest BCUT2D eigenvalue weighted by atomic mass is 10.1. The molecule has 4 nitrogen and oxygen atoms in total. The summed E-state index contributed by atoms with van der Waals surface area (Å²) in [5.41, 5.74) is 5.20. The maximum Gasteiger partial charge on any atom is 0.260 e. The number of nitrogens with zero attached hydrogens (tertiary/aromatic N) is 3. The lowest BCUT2D eigenvalue weighted by Gasteiger charge is -2.20. The van der Waals surface area contributed by atoms with Gasteiger partial charge in [0.15, 0.2) is 0 Å². The Bertz CT molecular complexity index is 976. The molecule has 0 bridgehead atoms. The molecule has 0 unspecified atom stereocenters. The van der Waals surface area contributed by atoms with E-state index in [2.05, 4.69) is 65.7 Å². The monoisotopic (exact) mass is 505 g/mol. The molecule has 0 spiro atoms. The lowest BCUT2D eigenvalue weighted by molar-refractivity contribution is 0.0986. The second-order valence-electron chi connectivity index (χ2n) is 6.94. The Balaban J connectivity index is 1.96. The topological polar surface area (TPSA) is 46.1 Å². The van der Waals surface area contributed by atoms with Crippen LogP contribution in [0.25, 0.3) is 10.6 Å². The molecule has 6 heteroatoms. The van der Waals surface area contributed by atoms with E-state index in [0.717, 1.165) is 34.5 Å². The van der Waals surface area contributed by atoms with Gasteiger partial charge in [-0.3, -0.25) is 9.69 Å². The van der Waals surface area contributed by atoms with Gasteiger partial charge in [-0.25, -0.2) is 0 Å². The van der Waals surface area contributed by atoms with Crippen LogP contribution in [0.2, 0.25) is 0 Å². The second-order valence-corrected chi connectivity index (χ2v) is 8.97. The Hall–Kier alpha value is -1.80. The van der Waals surface area contributed by atoms with Crippen LogP contribution in [0.4, 0.5) is 5.13 Å². The first-order valence-corrected chi connectivity index (χ1v) is 11.3. The number of aromatic nitrogens is 2. The highest BCUT2D eigenvalue weighted by molar-refractivity contribution is 14.1. The molecule has 146 valence electrons. The van der Waals surface area contributed by atoms with E-state index in [1.165, 1.54) is 26.0 Å². The number of carbonyl (C=O) groups excluding carboxylic acids is 1. The van der Waals surface area contributed by atoms with Crippen LogP contribution in [-0.4, -0.2) is 22.6 Å². The van der Waals surface area contributed by atoms with Crippen LogP contribution in [0.3, 0.4) is 0 Å². The molecule has 2 aromatic carbocycles. The van der Waals surface area contributed by atoms with Crippen molar-refractivity contribution in [2.75, 3.05) is 11.4 Å². The molecule has 28 heavy (non-hydrogen) atoms. The SMILES string of the molecule is CCCCN(C(=O)c1ccccc1C)c1nnc(-c2cc(C)c(I)c(C)c2)s1. The first-order chi connectivity index (χ1) is 13.4. The zero-order valence-electron chi connectivity index (χ0n) is 16.6. The maximum atomic E-state index is 13.2. The van der Waals surface area contributed by atoms with Crippen LogP contribution in [0.15, 0.2) is 36.4 Å². The fourth-order valence-electron chi connectivity index (χ4n) is 3.07. The largest absolute Gasteiger partial charge is 0.283 e. The number of aryl methyl sites for hydroxylation is 3. The molecular formula is C22H24IN3OS. The van der Waals surface area contributed by atoms with Crippen molar-refractivity contribution in [3.8, 4) is 10.6 Å². The quantitative estimate of drug-likeness (QED) is 0.376. The summed E-state index contributed by atoms with van der Waals surface area (Å²) in [6.07, 6.45) is 1.94. The normalized spacial score (nSPS) is 10.9. The zero-order chi connectivity index (χ0) is 20.3. The van der Waals surface area contributed by atoms with Gasteiger partial charge in [-0.2, -0.15) is 0 Å². The summed E-state index contributed by atoms with van der Waals surface area (Å²) in [4.78, 5) is 15.0. The Labute approximate surface area is 184 Å². The van der Waals surface area contributed by atoms with Crippen molar-refractivity contribution < 1.29 is 4.79 Å². The predicted molar refractivity (Wildman–Crippen MR) is 125 cm³/mol. The van der Waals surface area contributed by atoms with Crippen LogP contribution >= 0.6 is 33.9 Å². The summed E-state index contributed by atoms with van der Waals surface area (Å²) in [6.45, 7) is 8.95. The minimum absolute atomic E-state index is 0.00998. The van der Waals surface area contributed by atoms with Crippen LogP contribution in [0.5, 0.6) is 0 Å². The number of carbonyl (C=O) groups is 1. The fourth-order valence-corrected chi connectivity index (χ4v) is 4.24. The van der Waals surface area contributed by atoms with Crippen molar-refractivity contribution in [2.24, 2.45) is 0 Å². The van der Waals surface area contributed by atoms with E-state index >= 15 is 0 Å². The number of halogens is 1. The standard InChI is InChI=1S/C22H24IN3OS/c1-5-6-11-26(21(27)18-10-8-7-9-14(18)2)22-25-24-20(28-22)17-12-15(3)19(23)16(4)13-17/h7-10,12-13H,5-6,11H2,1-4H3. The Morgan fingerprint density at radius 2 is 1.75 bits per heavy atom. The van der Waals surface area contributed by atoms with Crippen LogP contribution in [-0.2, 0) is 0 Å². The smallest absolute Gasteiger partial charge is 0.260 e. The third-order valence-electron chi connectivity index (χ3n) is 4.68. The molecule has 3 aromatic rings. The highest BCUT2D eigenvalue weighted by Gasteiger charge is 2.23.